The summed E-state index contributed by atoms with van der Waals surface area (Å²) >= 11 is 1.44. The quantitative estimate of drug-likeness (QED) is 0.691. The summed E-state index contributed by atoms with van der Waals surface area (Å²) in [5.74, 6) is 0. The SMILES string of the molecule is N#Cc1c(N=c2c(=O)c3ccccc3c2=O)sc2c1CCCC2. The summed E-state index contributed by atoms with van der Waals surface area (Å²) in [5, 5.41) is 10.7. The largest absolute Gasteiger partial charge is 0.287 e. The van der Waals surface area contributed by atoms with Gasteiger partial charge in [0.05, 0.1) is 5.56 Å². The second-order valence-corrected chi connectivity index (χ2v) is 6.75. The number of rotatable bonds is 1. The van der Waals surface area contributed by atoms with E-state index in [0.717, 1.165) is 31.2 Å². The van der Waals surface area contributed by atoms with Crippen LogP contribution in [0.15, 0.2) is 38.8 Å². The predicted molar refractivity (Wildman–Crippen MR) is 89.8 cm³/mol. The van der Waals surface area contributed by atoms with Crippen molar-refractivity contribution in [3.63, 3.8) is 0 Å². The molecule has 4 nitrogen and oxygen atoms in total. The number of fused-ring (bicyclic) bond motifs is 2. The highest BCUT2D eigenvalue weighted by atomic mass is 32.1. The molecule has 0 saturated heterocycles. The third kappa shape index (κ3) is 2.07. The zero-order valence-corrected chi connectivity index (χ0v) is 13.1. The minimum absolute atomic E-state index is 0.0682. The first-order valence-electron chi connectivity index (χ1n) is 7.52. The summed E-state index contributed by atoms with van der Waals surface area (Å²) in [6, 6.07) is 8.96. The molecule has 112 valence electrons. The van der Waals surface area contributed by atoms with E-state index < -0.39 is 0 Å². The van der Waals surface area contributed by atoms with Crippen molar-refractivity contribution in [2.45, 2.75) is 25.7 Å². The molecule has 0 N–H and O–H groups in total. The number of benzene rings is 1. The lowest BCUT2D eigenvalue weighted by Gasteiger charge is -2.09. The van der Waals surface area contributed by atoms with Gasteiger partial charge in [0.15, 0.2) is 5.36 Å². The van der Waals surface area contributed by atoms with Crippen molar-refractivity contribution in [1.29, 1.82) is 5.26 Å². The minimum atomic E-state index is -0.346. The molecule has 0 fully saturated rings. The molecule has 1 aromatic heterocycles. The van der Waals surface area contributed by atoms with Crippen LogP contribution in [-0.2, 0) is 12.8 Å². The number of nitrogens with zero attached hydrogens (tertiary/aromatic N) is 2. The second-order valence-electron chi connectivity index (χ2n) is 5.67. The lowest BCUT2D eigenvalue weighted by Crippen LogP contribution is -2.31. The molecule has 2 aromatic carbocycles. The molecule has 3 aromatic rings. The molecule has 0 atom stereocenters. The maximum Gasteiger partial charge on any atom is 0.216 e. The molecule has 1 aliphatic carbocycles. The van der Waals surface area contributed by atoms with Crippen molar-refractivity contribution in [2.24, 2.45) is 4.99 Å². The topological polar surface area (TPSA) is 70.3 Å². The van der Waals surface area contributed by atoms with Crippen LogP contribution >= 0.6 is 11.3 Å². The first-order chi connectivity index (χ1) is 11.2. The van der Waals surface area contributed by atoms with E-state index in [9.17, 15) is 14.9 Å². The van der Waals surface area contributed by atoms with Gasteiger partial charge in [-0.1, -0.05) is 24.3 Å². The van der Waals surface area contributed by atoms with Gasteiger partial charge in [-0.15, -0.1) is 11.3 Å². The molecule has 23 heavy (non-hydrogen) atoms. The number of nitriles is 1. The van der Waals surface area contributed by atoms with Gasteiger partial charge in [0.1, 0.15) is 11.1 Å². The van der Waals surface area contributed by atoms with Gasteiger partial charge >= 0.3 is 0 Å². The number of aryl methyl sites for hydroxylation is 1. The van der Waals surface area contributed by atoms with Crippen LogP contribution < -0.4 is 16.2 Å². The average Bonchev–Trinajstić information content (AvgIpc) is 3.06. The van der Waals surface area contributed by atoms with Crippen LogP contribution in [-0.4, -0.2) is 0 Å². The summed E-state index contributed by atoms with van der Waals surface area (Å²) in [6.07, 6.45) is 4.00. The Bertz CT molecular complexity index is 1070. The number of hydrogen-bond donors (Lipinski definition) is 0. The molecule has 4 rings (SSSR count). The van der Waals surface area contributed by atoms with Crippen molar-refractivity contribution in [1.82, 2.24) is 0 Å². The van der Waals surface area contributed by atoms with Crippen LogP contribution in [0.1, 0.15) is 28.8 Å². The van der Waals surface area contributed by atoms with Crippen molar-refractivity contribution in [3.8, 4) is 6.07 Å². The molecule has 0 radical (unpaired) electrons. The molecular formula is C18H12N2O2S. The molecule has 1 aliphatic rings. The Morgan fingerprint density at radius 2 is 1.70 bits per heavy atom. The zero-order chi connectivity index (χ0) is 16.0. The van der Waals surface area contributed by atoms with Gasteiger partial charge in [-0.2, -0.15) is 5.26 Å². The highest BCUT2D eigenvalue weighted by Crippen LogP contribution is 2.38. The van der Waals surface area contributed by atoms with Gasteiger partial charge in [-0.3, -0.25) is 9.59 Å². The number of thiophene rings is 1. The van der Waals surface area contributed by atoms with Crippen LogP contribution in [0.3, 0.4) is 0 Å². The van der Waals surface area contributed by atoms with Gasteiger partial charge in [0.25, 0.3) is 0 Å². The molecule has 0 aliphatic heterocycles. The molecule has 0 unspecified atom stereocenters. The van der Waals surface area contributed by atoms with E-state index >= 15 is 0 Å². The van der Waals surface area contributed by atoms with Gasteiger partial charge < -0.3 is 0 Å². The van der Waals surface area contributed by atoms with E-state index in [2.05, 4.69) is 11.1 Å². The molecule has 5 heteroatoms. The lowest BCUT2D eigenvalue weighted by molar-refractivity contribution is 0.696. The van der Waals surface area contributed by atoms with E-state index in [1.54, 1.807) is 24.3 Å². The summed E-state index contributed by atoms with van der Waals surface area (Å²) in [5.41, 5.74) is 0.897. The fourth-order valence-corrected chi connectivity index (χ4v) is 4.40. The van der Waals surface area contributed by atoms with E-state index in [-0.39, 0.29) is 16.2 Å². The van der Waals surface area contributed by atoms with Gasteiger partial charge in [-0.25, -0.2) is 4.99 Å². The van der Waals surface area contributed by atoms with Gasteiger partial charge in [-0.05, 0) is 31.2 Å². The van der Waals surface area contributed by atoms with Crippen molar-refractivity contribution in [3.05, 3.63) is 66.1 Å². The monoisotopic (exact) mass is 320 g/mol. The summed E-state index contributed by atoms with van der Waals surface area (Å²) in [6.45, 7) is 0. The summed E-state index contributed by atoms with van der Waals surface area (Å²) in [4.78, 5) is 30.3. The molecule has 0 saturated carbocycles. The molecule has 0 spiro atoms. The van der Waals surface area contributed by atoms with Gasteiger partial charge in [0.2, 0.25) is 10.9 Å². The molecule has 1 heterocycles. The van der Waals surface area contributed by atoms with Crippen LogP contribution in [0.2, 0.25) is 0 Å². The highest BCUT2D eigenvalue weighted by Gasteiger charge is 2.21. The Labute approximate surface area is 135 Å². The Balaban J connectivity index is 2.03. The molecule has 0 bridgehead atoms. The highest BCUT2D eigenvalue weighted by molar-refractivity contribution is 7.16. The van der Waals surface area contributed by atoms with Crippen molar-refractivity contribution < 1.29 is 0 Å². The first-order valence-corrected chi connectivity index (χ1v) is 8.34. The first kappa shape index (κ1) is 14.0. The lowest BCUT2D eigenvalue weighted by atomic mass is 9.96. The zero-order valence-electron chi connectivity index (χ0n) is 12.3. The minimum Gasteiger partial charge on any atom is -0.287 e. The van der Waals surface area contributed by atoms with Crippen LogP contribution in [0.4, 0.5) is 5.00 Å². The molecule has 0 amide bonds. The smallest absolute Gasteiger partial charge is 0.216 e. The Kier molecular flexibility index (Phi) is 3.21. The Hall–Kier alpha value is -2.58. The standard InChI is InChI=1S/C18H12N2O2S/c19-9-13-10-5-3-4-8-14(10)23-18(13)20-15-16(21)11-6-1-2-7-12(11)17(15)22/h1-2,6-7H,3-5,8H2. The van der Waals surface area contributed by atoms with E-state index in [1.165, 1.54) is 16.2 Å². The van der Waals surface area contributed by atoms with Crippen molar-refractivity contribution >= 4 is 27.1 Å². The molecular weight excluding hydrogens is 308 g/mol. The average molecular weight is 320 g/mol. The maximum absolute atomic E-state index is 12.4. The summed E-state index contributed by atoms with van der Waals surface area (Å²) in [7, 11) is 0. The fraction of sp³-hybridized carbons (Fsp3) is 0.222. The van der Waals surface area contributed by atoms with E-state index in [4.69, 9.17) is 0 Å². The third-order valence-corrected chi connectivity index (χ3v) is 5.51. The fourth-order valence-electron chi connectivity index (χ4n) is 3.19. The third-order valence-electron chi connectivity index (χ3n) is 4.32. The van der Waals surface area contributed by atoms with Crippen LogP contribution in [0, 0.1) is 11.3 Å². The summed E-state index contributed by atoms with van der Waals surface area (Å²) < 4.78 is 0. The van der Waals surface area contributed by atoms with Crippen LogP contribution in [0.5, 0.6) is 0 Å². The predicted octanol–water partition coefficient (Wildman–Crippen LogP) is 2.48. The van der Waals surface area contributed by atoms with E-state index in [1.807, 2.05) is 0 Å². The maximum atomic E-state index is 12.4. The Morgan fingerprint density at radius 3 is 2.35 bits per heavy atom. The Morgan fingerprint density at radius 1 is 1.04 bits per heavy atom. The normalized spacial score (nSPS) is 13.7. The number of hydrogen-bond acceptors (Lipinski definition) is 5. The van der Waals surface area contributed by atoms with Crippen LogP contribution in [0.25, 0.3) is 10.8 Å². The van der Waals surface area contributed by atoms with Gasteiger partial charge in [0, 0.05) is 15.6 Å². The van der Waals surface area contributed by atoms with Crippen molar-refractivity contribution in [2.75, 3.05) is 0 Å². The second kappa shape index (κ2) is 5.25. The van der Waals surface area contributed by atoms with E-state index in [0.29, 0.717) is 21.3 Å².